The van der Waals surface area contributed by atoms with Crippen molar-refractivity contribution >= 4 is 40.1 Å². The Morgan fingerprint density at radius 2 is 1.84 bits per heavy atom. The van der Waals surface area contributed by atoms with Crippen LogP contribution < -0.4 is 15.2 Å². The zero-order valence-corrected chi connectivity index (χ0v) is 15.8. The van der Waals surface area contributed by atoms with E-state index in [0.717, 1.165) is 10.9 Å². The average molecular weight is 377 g/mol. The van der Waals surface area contributed by atoms with E-state index in [1.807, 2.05) is 19.2 Å². The van der Waals surface area contributed by atoms with Gasteiger partial charge in [-0.05, 0) is 19.2 Å². The molecule has 2 heterocycles. The third-order valence-electron chi connectivity index (χ3n) is 3.89. The van der Waals surface area contributed by atoms with E-state index in [-0.39, 0.29) is 0 Å². The standard InChI is InChI=1S/C17H17ClN4O2S/c1-8-11(23-2)6-12(24-3)14(18)13(8)10-5-9-7-20-17(25-4)22-15(9)16(19)21-10/h5-7H,1-4H3,(H2,19,21). The Bertz CT molecular complexity index is 937. The molecule has 0 aliphatic carbocycles. The maximum absolute atomic E-state index is 6.53. The number of anilines is 1. The first-order valence-corrected chi connectivity index (χ1v) is 8.99. The van der Waals surface area contributed by atoms with Crippen LogP contribution in [0, 0.1) is 6.92 Å². The molecule has 0 spiro atoms. The minimum Gasteiger partial charge on any atom is -0.496 e. The number of fused-ring (bicyclic) bond motifs is 1. The molecular weight excluding hydrogens is 360 g/mol. The predicted octanol–water partition coefficient (Wildman–Crippen LogP) is 3.97. The lowest BCUT2D eigenvalue weighted by Crippen LogP contribution is -2.01. The summed E-state index contributed by atoms with van der Waals surface area (Å²) in [5.74, 6) is 1.49. The van der Waals surface area contributed by atoms with Crippen molar-refractivity contribution in [2.24, 2.45) is 0 Å². The number of rotatable bonds is 4. The van der Waals surface area contributed by atoms with E-state index < -0.39 is 0 Å². The van der Waals surface area contributed by atoms with Crippen molar-refractivity contribution in [1.29, 1.82) is 0 Å². The molecular formula is C17H17ClN4O2S. The molecule has 0 unspecified atom stereocenters. The molecule has 0 amide bonds. The monoisotopic (exact) mass is 376 g/mol. The molecule has 8 heteroatoms. The smallest absolute Gasteiger partial charge is 0.187 e. The number of nitrogen functional groups attached to an aromatic ring is 1. The lowest BCUT2D eigenvalue weighted by molar-refractivity contribution is 0.393. The van der Waals surface area contributed by atoms with Crippen LogP contribution in [-0.4, -0.2) is 35.4 Å². The molecule has 0 bridgehead atoms. The van der Waals surface area contributed by atoms with Crippen LogP contribution in [0.4, 0.5) is 5.82 Å². The highest BCUT2D eigenvalue weighted by molar-refractivity contribution is 7.98. The molecule has 1 aromatic carbocycles. The second kappa shape index (κ2) is 6.93. The van der Waals surface area contributed by atoms with Gasteiger partial charge in [0.05, 0.1) is 24.9 Å². The molecule has 0 saturated heterocycles. The minimum atomic E-state index is 0.322. The van der Waals surface area contributed by atoms with Gasteiger partial charge in [-0.15, -0.1) is 0 Å². The largest absolute Gasteiger partial charge is 0.496 e. The molecule has 0 saturated carbocycles. The lowest BCUT2D eigenvalue weighted by Gasteiger charge is -2.16. The fourth-order valence-electron chi connectivity index (χ4n) is 2.64. The second-order valence-corrected chi connectivity index (χ2v) is 6.43. The maximum atomic E-state index is 6.53. The number of nitrogens with zero attached hydrogens (tertiary/aromatic N) is 3. The Morgan fingerprint density at radius 1 is 1.12 bits per heavy atom. The van der Waals surface area contributed by atoms with Gasteiger partial charge in [-0.25, -0.2) is 15.0 Å². The van der Waals surface area contributed by atoms with E-state index >= 15 is 0 Å². The maximum Gasteiger partial charge on any atom is 0.187 e. The van der Waals surface area contributed by atoms with Gasteiger partial charge in [0.15, 0.2) is 11.0 Å². The zero-order chi connectivity index (χ0) is 18.1. The number of ether oxygens (including phenoxy) is 2. The van der Waals surface area contributed by atoms with E-state index in [9.17, 15) is 0 Å². The van der Waals surface area contributed by atoms with Gasteiger partial charge in [0, 0.05) is 28.8 Å². The van der Waals surface area contributed by atoms with Crippen LogP contribution in [0.2, 0.25) is 5.02 Å². The van der Waals surface area contributed by atoms with Crippen LogP contribution in [0.15, 0.2) is 23.5 Å². The van der Waals surface area contributed by atoms with Crippen LogP contribution in [0.5, 0.6) is 11.5 Å². The van der Waals surface area contributed by atoms with Crippen molar-refractivity contribution in [3.05, 3.63) is 28.9 Å². The normalized spacial score (nSPS) is 10.9. The number of hydrogen-bond donors (Lipinski definition) is 1. The van der Waals surface area contributed by atoms with Gasteiger partial charge >= 0.3 is 0 Å². The van der Waals surface area contributed by atoms with Crippen molar-refractivity contribution in [2.45, 2.75) is 12.1 Å². The molecule has 0 radical (unpaired) electrons. The number of thioether (sulfide) groups is 1. The van der Waals surface area contributed by atoms with Crippen molar-refractivity contribution in [1.82, 2.24) is 15.0 Å². The van der Waals surface area contributed by atoms with Crippen molar-refractivity contribution in [3.8, 4) is 22.8 Å². The fourth-order valence-corrected chi connectivity index (χ4v) is 3.35. The molecule has 25 heavy (non-hydrogen) atoms. The molecule has 0 aliphatic rings. The molecule has 3 aromatic rings. The molecule has 3 rings (SSSR count). The Hall–Kier alpha value is -2.25. The SMILES string of the molecule is COc1cc(OC)c(Cl)c(-c2cc3cnc(SC)nc3c(N)n2)c1C. The van der Waals surface area contributed by atoms with Gasteiger partial charge in [-0.2, -0.15) is 0 Å². The number of pyridine rings is 1. The first kappa shape index (κ1) is 17.6. The first-order chi connectivity index (χ1) is 12.0. The Labute approximate surface area is 154 Å². The highest BCUT2D eigenvalue weighted by Gasteiger charge is 2.19. The third-order valence-corrected chi connectivity index (χ3v) is 4.83. The van der Waals surface area contributed by atoms with E-state index in [4.69, 9.17) is 26.8 Å². The molecule has 0 fully saturated rings. The number of aromatic nitrogens is 3. The number of hydrogen-bond acceptors (Lipinski definition) is 7. The fraction of sp³-hybridized carbons (Fsp3) is 0.235. The Kier molecular flexibility index (Phi) is 4.87. The van der Waals surface area contributed by atoms with Crippen molar-refractivity contribution in [3.63, 3.8) is 0 Å². The number of benzene rings is 1. The third kappa shape index (κ3) is 3.05. The Balaban J connectivity index is 2.30. The molecule has 2 aromatic heterocycles. The van der Waals surface area contributed by atoms with E-state index in [2.05, 4.69) is 15.0 Å². The van der Waals surface area contributed by atoms with Gasteiger partial charge in [0.2, 0.25) is 0 Å². The molecule has 2 N–H and O–H groups in total. The molecule has 0 aliphatic heterocycles. The number of methoxy groups -OCH3 is 2. The average Bonchev–Trinajstić information content (AvgIpc) is 2.62. The van der Waals surface area contributed by atoms with Gasteiger partial charge in [-0.3, -0.25) is 0 Å². The summed E-state index contributed by atoms with van der Waals surface area (Å²) < 4.78 is 10.8. The van der Waals surface area contributed by atoms with Gasteiger partial charge in [-0.1, -0.05) is 23.4 Å². The Morgan fingerprint density at radius 3 is 2.48 bits per heavy atom. The predicted molar refractivity (Wildman–Crippen MR) is 102 cm³/mol. The summed E-state index contributed by atoms with van der Waals surface area (Å²) in [7, 11) is 3.15. The summed E-state index contributed by atoms with van der Waals surface area (Å²) >= 11 is 7.98. The second-order valence-electron chi connectivity index (χ2n) is 5.28. The molecule has 0 atom stereocenters. The summed E-state index contributed by atoms with van der Waals surface area (Å²) in [5.41, 5.74) is 8.93. The molecule has 6 nitrogen and oxygen atoms in total. The van der Waals surface area contributed by atoms with Crippen LogP contribution in [0.1, 0.15) is 5.56 Å². The van der Waals surface area contributed by atoms with Crippen LogP contribution in [0.25, 0.3) is 22.2 Å². The summed E-state index contributed by atoms with van der Waals surface area (Å²) in [4.78, 5) is 13.2. The van der Waals surface area contributed by atoms with E-state index in [1.165, 1.54) is 11.8 Å². The van der Waals surface area contributed by atoms with Crippen LogP contribution in [-0.2, 0) is 0 Å². The topological polar surface area (TPSA) is 83.2 Å². The highest BCUT2D eigenvalue weighted by Crippen LogP contribution is 2.43. The minimum absolute atomic E-state index is 0.322. The van der Waals surface area contributed by atoms with Crippen molar-refractivity contribution in [2.75, 3.05) is 26.2 Å². The molecule has 130 valence electrons. The van der Waals surface area contributed by atoms with Gasteiger partial charge < -0.3 is 15.2 Å². The zero-order valence-electron chi connectivity index (χ0n) is 14.3. The summed E-state index contributed by atoms with van der Waals surface area (Å²) in [6, 6.07) is 3.61. The quantitative estimate of drug-likeness (QED) is 0.544. The van der Waals surface area contributed by atoms with E-state index in [1.54, 1.807) is 26.5 Å². The number of nitrogens with two attached hydrogens (primary N) is 1. The van der Waals surface area contributed by atoms with Gasteiger partial charge in [0.25, 0.3) is 0 Å². The first-order valence-electron chi connectivity index (χ1n) is 7.38. The van der Waals surface area contributed by atoms with Gasteiger partial charge in [0.1, 0.15) is 17.0 Å². The summed E-state index contributed by atoms with van der Waals surface area (Å²) in [5, 5.41) is 1.89. The van der Waals surface area contributed by atoms with Crippen molar-refractivity contribution < 1.29 is 9.47 Å². The number of halogens is 1. The highest BCUT2D eigenvalue weighted by atomic mass is 35.5. The summed E-state index contributed by atoms with van der Waals surface area (Å²) in [6.07, 6.45) is 3.64. The lowest BCUT2D eigenvalue weighted by atomic mass is 10.0. The summed E-state index contributed by atoms with van der Waals surface area (Å²) in [6.45, 7) is 1.91. The van der Waals surface area contributed by atoms with Crippen LogP contribution >= 0.6 is 23.4 Å². The van der Waals surface area contributed by atoms with Crippen LogP contribution in [0.3, 0.4) is 0 Å². The van der Waals surface area contributed by atoms with E-state index in [0.29, 0.717) is 44.3 Å².